The van der Waals surface area contributed by atoms with Gasteiger partial charge in [0.2, 0.25) is 15.9 Å². The molecule has 0 saturated heterocycles. The predicted molar refractivity (Wildman–Crippen MR) is 88.2 cm³/mol. The molecule has 0 unspecified atom stereocenters. The maximum absolute atomic E-state index is 12.3. The van der Waals surface area contributed by atoms with E-state index in [4.69, 9.17) is 0 Å². The number of rotatable bonds is 7. The second-order valence-electron chi connectivity index (χ2n) is 6.08. The highest BCUT2D eigenvalue weighted by Crippen LogP contribution is 2.16. The minimum Gasteiger partial charge on any atom is -0.345 e. The van der Waals surface area contributed by atoms with E-state index in [1.54, 1.807) is 31.0 Å². The third-order valence-electron chi connectivity index (χ3n) is 3.33. The molecule has 0 atom stereocenters. The van der Waals surface area contributed by atoms with Crippen LogP contribution in [0.3, 0.4) is 0 Å². The van der Waals surface area contributed by atoms with Gasteiger partial charge in [-0.25, -0.2) is 13.1 Å². The zero-order chi connectivity index (χ0) is 16.9. The fourth-order valence-corrected chi connectivity index (χ4v) is 3.57. The first-order valence-corrected chi connectivity index (χ1v) is 8.92. The van der Waals surface area contributed by atoms with Crippen molar-refractivity contribution in [3.8, 4) is 0 Å². The summed E-state index contributed by atoms with van der Waals surface area (Å²) in [5, 5.41) is 0. The molecule has 0 radical (unpaired) electrons. The smallest absolute Gasteiger partial charge is 0.240 e. The highest BCUT2D eigenvalue weighted by Gasteiger charge is 2.17. The largest absolute Gasteiger partial charge is 0.345 e. The molecule has 0 aliphatic rings. The first kappa shape index (κ1) is 18.6. The number of benzene rings is 1. The molecule has 1 N–H and O–H groups in total. The van der Waals surface area contributed by atoms with E-state index in [2.05, 4.69) is 4.72 Å². The Morgan fingerprint density at radius 3 is 2.50 bits per heavy atom. The molecule has 1 amide bonds. The molecular weight excluding hydrogens is 300 g/mol. The number of hydrogen-bond acceptors (Lipinski definition) is 3. The Hall–Kier alpha value is -1.40. The van der Waals surface area contributed by atoms with Crippen LogP contribution in [0, 0.1) is 19.8 Å². The summed E-state index contributed by atoms with van der Waals surface area (Å²) in [7, 11) is -1.84. The molecule has 22 heavy (non-hydrogen) atoms. The molecule has 0 heterocycles. The number of carbonyl (C=O) groups excluding carboxylic acids is 1. The van der Waals surface area contributed by atoms with Crippen molar-refractivity contribution in [2.24, 2.45) is 5.92 Å². The fourth-order valence-electron chi connectivity index (χ4n) is 2.21. The number of amides is 1. The maximum atomic E-state index is 12.3. The second-order valence-corrected chi connectivity index (χ2v) is 7.82. The first-order valence-electron chi connectivity index (χ1n) is 7.44. The Balaban J connectivity index is 2.64. The van der Waals surface area contributed by atoms with Gasteiger partial charge in [0, 0.05) is 26.6 Å². The van der Waals surface area contributed by atoms with Crippen LogP contribution in [0.1, 0.15) is 31.4 Å². The summed E-state index contributed by atoms with van der Waals surface area (Å²) in [5.41, 5.74) is 1.58. The summed E-state index contributed by atoms with van der Waals surface area (Å²) in [6.07, 6.45) is 0.160. The molecular formula is C16H26N2O3S. The van der Waals surface area contributed by atoms with Crippen molar-refractivity contribution >= 4 is 15.9 Å². The summed E-state index contributed by atoms with van der Waals surface area (Å²) in [4.78, 5) is 13.8. The number of aryl methyl sites for hydroxylation is 2. The minimum absolute atomic E-state index is 0.0580. The Labute approximate surface area is 133 Å². The van der Waals surface area contributed by atoms with Crippen molar-refractivity contribution in [3.05, 3.63) is 29.3 Å². The van der Waals surface area contributed by atoms with E-state index in [-0.39, 0.29) is 23.8 Å². The lowest BCUT2D eigenvalue weighted by molar-refractivity contribution is -0.130. The highest BCUT2D eigenvalue weighted by atomic mass is 32.2. The average Bonchev–Trinajstić information content (AvgIpc) is 2.40. The molecule has 0 aliphatic heterocycles. The van der Waals surface area contributed by atoms with E-state index >= 15 is 0 Å². The summed E-state index contributed by atoms with van der Waals surface area (Å²) < 4.78 is 27.1. The molecule has 0 aromatic heterocycles. The van der Waals surface area contributed by atoms with Crippen LogP contribution in [0.4, 0.5) is 0 Å². The summed E-state index contributed by atoms with van der Waals surface area (Å²) in [6, 6.07) is 5.30. The first-order chi connectivity index (χ1) is 10.1. The van der Waals surface area contributed by atoms with E-state index < -0.39 is 10.0 Å². The fraction of sp³-hybridized carbons (Fsp3) is 0.562. The normalized spacial score (nSPS) is 11.7. The predicted octanol–water partition coefficient (Wildman–Crippen LogP) is 2.09. The molecule has 6 heteroatoms. The standard InChI is InChI=1S/C16H26N2O3S/c1-12(2)11-18(5)16(19)8-9-17-22(20,21)15-10-13(3)6-7-14(15)4/h6-7,10,12,17H,8-9,11H2,1-5H3. The summed E-state index contributed by atoms with van der Waals surface area (Å²) in [5.74, 6) is 0.331. The van der Waals surface area contributed by atoms with Crippen LogP contribution < -0.4 is 4.72 Å². The van der Waals surface area contributed by atoms with Gasteiger partial charge in [-0.2, -0.15) is 0 Å². The lowest BCUT2D eigenvalue weighted by Gasteiger charge is -2.19. The van der Waals surface area contributed by atoms with E-state index in [0.29, 0.717) is 18.0 Å². The van der Waals surface area contributed by atoms with Crippen LogP contribution in [0.15, 0.2) is 23.1 Å². The van der Waals surface area contributed by atoms with Crippen LogP contribution in [0.2, 0.25) is 0 Å². The number of nitrogens with one attached hydrogen (secondary N) is 1. The Morgan fingerprint density at radius 2 is 1.91 bits per heavy atom. The molecule has 124 valence electrons. The molecule has 0 fully saturated rings. The lowest BCUT2D eigenvalue weighted by Crippen LogP contribution is -2.34. The van der Waals surface area contributed by atoms with E-state index in [1.807, 2.05) is 26.8 Å². The van der Waals surface area contributed by atoms with Crippen molar-refractivity contribution < 1.29 is 13.2 Å². The third-order valence-corrected chi connectivity index (χ3v) is 4.93. The number of carbonyl (C=O) groups is 1. The molecule has 0 spiro atoms. The average molecular weight is 326 g/mol. The lowest BCUT2D eigenvalue weighted by atomic mass is 10.2. The van der Waals surface area contributed by atoms with E-state index in [0.717, 1.165) is 5.56 Å². The van der Waals surface area contributed by atoms with Gasteiger partial charge in [0.1, 0.15) is 0 Å². The topological polar surface area (TPSA) is 66.5 Å². The van der Waals surface area contributed by atoms with Crippen molar-refractivity contribution in [1.29, 1.82) is 0 Å². The molecule has 1 aromatic rings. The van der Waals surface area contributed by atoms with Crippen LogP contribution in [0.5, 0.6) is 0 Å². The van der Waals surface area contributed by atoms with Crippen LogP contribution in [-0.2, 0) is 14.8 Å². The van der Waals surface area contributed by atoms with Gasteiger partial charge in [-0.1, -0.05) is 26.0 Å². The van der Waals surface area contributed by atoms with Crippen molar-refractivity contribution in [2.45, 2.75) is 39.0 Å². The van der Waals surface area contributed by atoms with E-state index in [1.165, 1.54) is 0 Å². The molecule has 1 rings (SSSR count). The van der Waals surface area contributed by atoms with Crippen molar-refractivity contribution in [3.63, 3.8) is 0 Å². The van der Waals surface area contributed by atoms with E-state index in [9.17, 15) is 13.2 Å². The van der Waals surface area contributed by atoms with Crippen LogP contribution in [0.25, 0.3) is 0 Å². The van der Waals surface area contributed by atoms with Gasteiger partial charge in [0.15, 0.2) is 0 Å². The highest BCUT2D eigenvalue weighted by molar-refractivity contribution is 7.89. The molecule has 0 aliphatic carbocycles. The third kappa shape index (κ3) is 5.42. The number of nitrogens with zero attached hydrogens (tertiary/aromatic N) is 1. The second kappa shape index (κ2) is 7.74. The van der Waals surface area contributed by atoms with Gasteiger partial charge < -0.3 is 4.90 Å². The van der Waals surface area contributed by atoms with Gasteiger partial charge >= 0.3 is 0 Å². The molecule has 5 nitrogen and oxygen atoms in total. The number of sulfonamides is 1. The monoisotopic (exact) mass is 326 g/mol. The zero-order valence-corrected chi connectivity index (χ0v) is 14.8. The molecule has 1 aromatic carbocycles. The Bertz CT molecular complexity index is 624. The SMILES string of the molecule is Cc1ccc(C)c(S(=O)(=O)NCCC(=O)N(C)CC(C)C)c1. The van der Waals surface area contributed by atoms with Crippen molar-refractivity contribution in [1.82, 2.24) is 9.62 Å². The molecule has 0 bridgehead atoms. The van der Waals surface area contributed by atoms with Gasteiger partial charge in [0.05, 0.1) is 4.90 Å². The summed E-state index contributed by atoms with van der Waals surface area (Å²) in [6.45, 7) is 8.46. The van der Waals surface area contributed by atoms with Gasteiger partial charge in [-0.3, -0.25) is 4.79 Å². The number of hydrogen-bond donors (Lipinski definition) is 1. The Morgan fingerprint density at radius 1 is 1.27 bits per heavy atom. The quantitative estimate of drug-likeness (QED) is 0.834. The molecule has 0 saturated carbocycles. The van der Waals surface area contributed by atoms with Crippen molar-refractivity contribution in [2.75, 3.05) is 20.1 Å². The van der Waals surface area contributed by atoms with Gasteiger partial charge in [0.25, 0.3) is 0 Å². The maximum Gasteiger partial charge on any atom is 0.240 e. The minimum atomic E-state index is -3.58. The summed E-state index contributed by atoms with van der Waals surface area (Å²) >= 11 is 0. The van der Waals surface area contributed by atoms with Gasteiger partial charge in [-0.05, 0) is 37.0 Å². The Kier molecular flexibility index (Phi) is 6.56. The van der Waals surface area contributed by atoms with Crippen LogP contribution >= 0.6 is 0 Å². The van der Waals surface area contributed by atoms with Crippen LogP contribution in [-0.4, -0.2) is 39.4 Å². The van der Waals surface area contributed by atoms with Gasteiger partial charge in [-0.15, -0.1) is 0 Å². The zero-order valence-electron chi connectivity index (χ0n) is 14.0.